The second-order valence-corrected chi connectivity index (χ2v) is 14.9. The van der Waals surface area contributed by atoms with E-state index in [1.165, 1.54) is 22.8 Å². The molecule has 0 saturated carbocycles. The minimum atomic E-state index is -0.651. The van der Waals surface area contributed by atoms with Crippen molar-refractivity contribution in [3.05, 3.63) is 206 Å². The summed E-state index contributed by atoms with van der Waals surface area (Å²) in [6.45, 7) is 0. The topological polar surface area (TPSA) is 69.9 Å². The Balaban J connectivity index is 1.04. The summed E-state index contributed by atoms with van der Waals surface area (Å²) in [7, 11) is 0. The molecule has 63 heavy (non-hydrogen) atoms. The van der Waals surface area contributed by atoms with Crippen LogP contribution in [-0.4, -0.2) is 19.5 Å². The molecule has 9 aromatic carbocycles. The monoisotopic (exact) mass is 819 g/mol. The number of para-hydroxylation sites is 1. The van der Waals surface area contributed by atoms with Crippen LogP contribution < -0.4 is 0 Å². The van der Waals surface area contributed by atoms with Crippen LogP contribution in [0.5, 0.6) is 0 Å². The van der Waals surface area contributed by atoms with Crippen LogP contribution >= 0.6 is 0 Å². The predicted octanol–water partition coefficient (Wildman–Crippen LogP) is 15.1. The fraction of sp³-hybridized carbons (Fsp3) is 0. The average molecular weight is 820 g/mol. The molecule has 13 rings (SSSR count). The van der Waals surface area contributed by atoms with Gasteiger partial charge in [0.15, 0.2) is 17.5 Å². The SMILES string of the molecule is [2H]c1cc2c(c([2H])c1[2H])c1c([2H])cc(-c3c([2H])c([2H])c([2H])c([2H])c3[2H])c([2H])c1n2-c1cc([2H])c([2H])c2oc3c([2H])c(-c4nc(-c5ccccc5)nc(-c5ccc6c(c5)oc5cccc(-c7ccccc7)c56)n4)ccc3c12. The standard InChI is InChI=1S/C57H34N4O2/c1-4-14-35(15-5-1)38-26-29-43-42-20-10-11-22-46(42)61(48(43)32-38)47-23-13-25-50-54(47)45-31-28-40(34-52(45)63-50)57-59-55(37-18-8-3-9-19-37)58-56(60-57)39-27-30-44-51(33-39)62-49-24-12-21-41(53(44)49)36-16-6-2-7-17-36/h1-34H/i1D,4D,5D,10D,11D,13D,14D,15D,20D,25D,29D,32D,34D. The molecular formula is C57H34N4O2. The van der Waals surface area contributed by atoms with Gasteiger partial charge in [0, 0.05) is 43.6 Å². The minimum Gasteiger partial charge on any atom is -0.456 e. The van der Waals surface area contributed by atoms with Crippen LogP contribution in [0.3, 0.4) is 0 Å². The van der Waals surface area contributed by atoms with Gasteiger partial charge in [0.2, 0.25) is 0 Å². The number of furan rings is 2. The summed E-state index contributed by atoms with van der Waals surface area (Å²) in [6, 6.07) is 32.3. The van der Waals surface area contributed by atoms with Crippen LogP contribution in [0.1, 0.15) is 17.8 Å². The molecule has 13 aromatic rings. The lowest BCUT2D eigenvalue weighted by Gasteiger charge is -2.11. The fourth-order valence-corrected chi connectivity index (χ4v) is 8.48. The highest BCUT2D eigenvalue weighted by Crippen LogP contribution is 2.42. The van der Waals surface area contributed by atoms with Crippen molar-refractivity contribution < 1.29 is 26.7 Å². The maximum atomic E-state index is 9.78. The van der Waals surface area contributed by atoms with Crippen molar-refractivity contribution in [2.75, 3.05) is 0 Å². The van der Waals surface area contributed by atoms with Crippen LogP contribution in [0.25, 0.3) is 128 Å². The third-order valence-corrected chi connectivity index (χ3v) is 11.3. The summed E-state index contributed by atoms with van der Waals surface area (Å²) < 4.78 is 131. The molecule has 0 amide bonds. The first kappa shape index (κ1) is 24.6. The molecule has 0 spiro atoms. The largest absolute Gasteiger partial charge is 0.456 e. The summed E-state index contributed by atoms with van der Waals surface area (Å²) in [6.07, 6.45) is 0. The van der Waals surface area contributed by atoms with Gasteiger partial charge < -0.3 is 13.4 Å². The number of rotatable bonds is 6. The van der Waals surface area contributed by atoms with Crippen molar-refractivity contribution in [2.24, 2.45) is 0 Å². The smallest absolute Gasteiger partial charge is 0.164 e. The van der Waals surface area contributed by atoms with E-state index in [-0.39, 0.29) is 96.8 Å². The van der Waals surface area contributed by atoms with E-state index < -0.39 is 48.3 Å². The van der Waals surface area contributed by atoms with E-state index in [1.54, 1.807) is 12.1 Å². The molecule has 0 bridgehead atoms. The lowest BCUT2D eigenvalue weighted by Crippen LogP contribution is -2.00. The number of benzene rings is 9. The molecule has 0 unspecified atom stereocenters. The Labute approximate surface area is 379 Å². The van der Waals surface area contributed by atoms with Crippen molar-refractivity contribution in [1.29, 1.82) is 0 Å². The zero-order valence-electron chi connectivity index (χ0n) is 45.7. The van der Waals surface area contributed by atoms with E-state index >= 15 is 0 Å². The fourth-order valence-electron chi connectivity index (χ4n) is 8.48. The number of hydrogen-bond donors (Lipinski definition) is 0. The van der Waals surface area contributed by atoms with Gasteiger partial charge in [-0.1, -0.05) is 151 Å². The van der Waals surface area contributed by atoms with Crippen molar-refractivity contribution in [3.8, 4) is 62.1 Å². The molecule has 0 aliphatic carbocycles. The van der Waals surface area contributed by atoms with E-state index in [0.717, 1.165) is 21.9 Å². The van der Waals surface area contributed by atoms with Crippen LogP contribution in [0.4, 0.5) is 0 Å². The molecule has 0 saturated heterocycles. The van der Waals surface area contributed by atoms with Gasteiger partial charge in [0.1, 0.15) is 22.3 Å². The Hall–Kier alpha value is -8.61. The Morgan fingerprint density at radius 1 is 0.381 bits per heavy atom. The Morgan fingerprint density at radius 2 is 1.08 bits per heavy atom. The summed E-state index contributed by atoms with van der Waals surface area (Å²) in [5.74, 6) is 0.741. The molecule has 0 aliphatic heterocycles. The quantitative estimate of drug-likeness (QED) is 0.167. The van der Waals surface area contributed by atoms with Gasteiger partial charge in [-0.2, -0.15) is 0 Å². The maximum Gasteiger partial charge on any atom is 0.164 e. The molecular weight excluding hydrogens is 773 g/mol. The summed E-state index contributed by atoms with van der Waals surface area (Å²) in [5.41, 5.74) is 4.34. The lowest BCUT2D eigenvalue weighted by molar-refractivity contribution is 0.668. The molecule has 6 heteroatoms. The molecule has 4 heterocycles. The molecule has 0 atom stereocenters. The number of fused-ring (bicyclic) bond motifs is 9. The van der Waals surface area contributed by atoms with E-state index in [4.69, 9.17) is 37.5 Å². The Bertz CT molecular complexity index is 4660. The van der Waals surface area contributed by atoms with E-state index in [2.05, 4.69) is 18.2 Å². The van der Waals surface area contributed by atoms with Gasteiger partial charge in [-0.05, 0) is 76.8 Å². The van der Waals surface area contributed by atoms with Crippen molar-refractivity contribution in [1.82, 2.24) is 19.5 Å². The highest BCUT2D eigenvalue weighted by Gasteiger charge is 2.21. The second kappa shape index (κ2) is 14.0. The highest BCUT2D eigenvalue weighted by molar-refractivity contribution is 6.16. The van der Waals surface area contributed by atoms with Gasteiger partial charge in [0.05, 0.1) is 39.9 Å². The molecule has 6 nitrogen and oxygen atoms in total. The number of aromatic nitrogens is 4. The summed E-state index contributed by atoms with van der Waals surface area (Å²) in [5, 5.41) is 2.37. The zero-order chi connectivity index (χ0) is 52.7. The lowest BCUT2D eigenvalue weighted by atomic mass is 9.99. The average Bonchev–Trinajstić information content (AvgIpc) is 4.32. The molecule has 4 aromatic heterocycles. The van der Waals surface area contributed by atoms with E-state index in [9.17, 15) is 4.11 Å². The van der Waals surface area contributed by atoms with Crippen molar-refractivity contribution >= 4 is 65.7 Å². The molecule has 294 valence electrons. The van der Waals surface area contributed by atoms with Gasteiger partial charge in [0.25, 0.3) is 0 Å². The third kappa shape index (κ3) is 5.69. The van der Waals surface area contributed by atoms with Crippen LogP contribution in [0.2, 0.25) is 0 Å². The minimum absolute atomic E-state index is 0.00298. The Kier molecular flexibility index (Phi) is 5.46. The van der Waals surface area contributed by atoms with E-state index in [1.807, 2.05) is 78.9 Å². The second-order valence-electron chi connectivity index (χ2n) is 14.9. The van der Waals surface area contributed by atoms with Crippen LogP contribution in [-0.2, 0) is 0 Å². The summed E-state index contributed by atoms with van der Waals surface area (Å²) >= 11 is 0. The van der Waals surface area contributed by atoms with Crippen molar-refractivity contribution in [3.63, 3.8) is 0 Å². The van der Waals surface area contributed by atoms with Gasteiger partial charge in [-0.15, -0.1) is 0 Å². The van der Waals surface area contributed by atoms with Crippen molar-refractivity contribution in [2.45, 2.75) is 0 Å². The predicted molar refractivity (Wildman–Crippen MR) is 256 cm³/mol. The van der Waals surface area contributed by atoms with Gasteiger partial charge in [-0.3, -0.25) is 0 Å². The molecule has 0 aliphatic rings. The van der Waals surface area contributed by atoms with Gasteiger partial charge in [-0.25, -0.2) is 15.0 Å². The number of hydrogen-bond acceptors (Lipinski definition) is 5. The van der Waals surface area contributed by atoms with E-state index in [0.29, 0.717) is 39.3 Å². The normalized spacial score (nSPS) is 14.7. The molecule has 0 fully saturated rings. The third-order valence-electron chi connectivity index (χ3n) is 11.3. The first-order valence-electron chi connectivity index (χ1n) is 26.5. The Morgan fingerprint density at radius 3 is 1.90 bits per heavy atom. The first-order chi connectivity index (χ1) is 36.6. The molecule has 0 N–H and O–H groups in total. The highest BCUT2D eigenvalue weighted by atomic mass is 16.3. The van der Waals surface area contributed by atoms with Gasteiger partial charge >= 0.3 is 0 Å². The first-order valence-corrected chi connectivity index (χ1v) is 20.0. The summed E-state index contributed by atoms with van der Waals surface area (Å²) in [4.78, 5) is 14.8. The van der Waals surface area contributed by atoms with Crippen LogP contribution in [0.15, 0.2) is 215 Å². The zero-order valence-corrected chi connectivity index (χ0v) is 32.7. The maximum absolute atomic E-state index is 9.78. The van der Waals surface area contributed by atoms with Crippen LogP contribution in [0, 0.1) is 0 Å². The number of nitrogens with zero attached hydrogens (tertiary/aromatic N) is 4. The molecule has 0 radical (unpaired) electrons.